The Morgan fingerprint density at radius 3 is 2.80 bits per heavy atom. The molecule has 2 heteroatoms. The second-order valence-corrected chi connectivity index (χ2v) is 3.66. The quantitative estimate of drug-likeness (QED) is 0.767. The first-order chi connectivity index (χ1) is 7.25. The van der Waals surface area contributed by atoms with Gasteiger partial charge in [-0.3, -0.25) is 0 Å². The smallest absolute Gasteiger partial charge is 0.0950 e. The van der Waals surface area contributed by atoms with Crippen molar-refractivity contribution in [3.8, 4) is 0 Å². The van der Waals surface area contributed by atoms with Gasteiger partial charge >= 0.3 is 0 Å². The van der Waals surface area contributed by atoms with Crippen molar-refractivity contribution in [3.63, 3.8) is 0 Å². The monoisotopic (exact) mass is 200 g/mol. The average Bonchev–Trinajstić information content (AvgIpc) is 2.22. The van der Waals surface area contributed by atoms with Crippen LogP contribution in [0.2, 0.25) is 0 Å². The summed E-state index contributed by atoms with van der Waals surface area (Å²) in [6, 6.07) is 9.12. The highest BCUT2D eigenvalue weighted by molar-refractivity contribution is 5.55. The molecule has 0 fully saturated rings. The van der Waals surface area contributed by atoms with Crippen molar-refractivity contribution in [2.75, 3.05) is 5.32 Å². The maximum atomic E-state index is 9.38. The molecule has 0 heterocycles. The molecule has 1 aromatic carbocycles. The molecule has 0 bridgehead atoms. The zero-order valence-corrected chi connectivity index (χ0v) is 8.70. The van der Waals surface area contributed by atoms with E-state index < -0.39 is 0 Å². The highest BCUT2D eigenvalue weighted by Gasteiger charge is 2.11. The lowest BCUT2D eigenvalue weighted by Gasteiger charge is -2.18. The summed E-state index contributed by atoms with van der Waals surface area (Å²) in [4.78, 5) is 0. The molecule has 1 aliphatic rings. The van der Waals surface area contributed by atoms with Gasteiger partial charge in [-0.05, 0) is 24.6 Å². The number of hydrogen-bond acceptors (Lipinski definition) is 2. The van der Waals surface area contributed by atoms with E-state index in [-0.39, 0.29) is 0 Å². The molecule has 0 unspecified atom stereocenters. The molecule has 0 spiro atoms. The Balaban J connectivity index is 2.07. The molecule has 1 aromatic rings. The summed E-state index contributed by atoms with van der Waals surface area (Å²) in [7, 11) is 0. The van der Waals surface area contributed by atoms with Gasteiger partial charge in [-0.2, -0.15) is 0 Å². The zero-order valence-electron chi connectivity index (χ0n) is 8.70. The maximum absolute atomic E-state index is 9.38. The van der Waals surface area contributed by atoms with Gasteiger partial charge in [-0.15, -0.1) is 0 Å². The third-order valence-electron chi connectivity index (χ3n) is 2.40. The van der Waals surface area contributed by atoms with E-state index >= 15 is 0 Å². The summed E-state index contributed by atoms with van der Waals surface area (Å²) in [6.07, 6.45) is 6.11. The molecule has 1 radical (unpaired) electrons. The van der Waals surface area contributed by atoms with E-state index in [1.807, 2.05) is 30.4 Å². The van der Waals surface area contributed by atoms with E-state index in [1.54, 1.807) is 6.08 Å². The normalized spacial score (nSPS) is 16.2. The highest BCUT2D eigenvalue weighted by Crippen LogP contribution is 2.23. The van der Waals surface area contributed by atoms with Crippen LogP contribution in [0.5, 0.6) is 0 Å². The molecule has 0 amide bonds. The first-order valence-electron chi connectivity index (χ1n) is 5.00. The lowest BCUT2D eigenvalue weighted by Crippen LogP contribution is -2.11. The number of allylic oxidation sites excluding steroid dienone is 2. The van der Waals surface area contributed by atoms with Gasteiger partial charge in [0.2, 0.25) is 0 Å². The van der Waals surface area contributed by atoms with Crippen molar-refractivity contribution in [3.05, 3.63) is 59.9 Å². The van der Waals surface area contributed by atoms with Crippen LogP contribution < -0.4 is 5.32 Å². The third-order valence-corrected chi connectivity index (χ3v) is 2.40. The standard InChI is InChI=1S/C13H14NO/c1-10-5-2-3-8-13(10)14-11-6-4-7-12(15)9-11/h2-8,14-15H,9H2,1H3. The Kier molecular flexibility index (Phi) is 2.77. The zero-order chi connectivity index (χ0) is 10.7. The van der Waals surface area contributed by atoms with Gasteiger partial charge in [0.25, 0.3) is 0 Å². The number of para-hydroxylation sites is 1. The summed E-state index contributed by atoms with van der Waals surface area (Å²) in [5.41, 5.74) is 2.29. The molecular weight excluding hydrogens is 186 g/mol. The van der Waals surface area contributed by atoms with Crippen molar-refractivity contribution in [2.45, 2.75) is 13.3 Å². The minimum Gasteiger partial charge on any atom is -0.512 e. The number of benzene rings is 1. The molecule has 2 rings (SSSR count). The molecule has 1 aliphatic carbocycles. The van der Waals surface area contributed by atoms with Gasteiger partial charge in [0.05, 0.1) is 11.8 Å². The highest BCUT2D eigenvalue weighted by atomic mass is 16.3. The minimum absolute atomic E-state index is 0.397. The van der Waals surface area contributed by atoms with Gasteiger partial charge in [-0.1, -0.05) is 30.4 Å². The van der Waals surface area contributed by atoms with Crippen LogP contribution >= 0.6 is 0 Å². The number of aryl methyl sites for hydroxylation is 1. The Morgan fingerprint density at radius 2 is 2.07 bits per heavy atom. The molecule has 2 N–H and O–H groups in total. The molecule has 0 saturated heterocycles. The van der Waals surface area contributed by atoms with Crippen LogP contribution in [0.25, 0.3) is 0 Å². The van der Waals surface area contributed by atoms with E-state index in [0.29, 0.717) is 12.2 Å². The van der Waals surface area contributed by atoms with Crippen LogP contribution in [-0.2, 0) is 0 Å². The van der Waals surface area contributed by atoms with Crippen molar-refractivity contribution >= 4 is 5.69 Å². The van der Waals surface area contributed by atoms with Gasteiger partial charge in [0.1, 0.15) is 0 Å². The minimum atomic E-state index is 0.397. The fourth-order valence-corrected chi connectivity index (χ4v) is 1.56. The fourth-order valence-electron chi connectivity index (χ4n) is 1.56. The number of nitrogens with one attached hydrogen (secondary N) is 1. The fraction of sp³-hybridized carbons (Fsp3) is 0.154. The van der Waals surface area contributed by atoms with Crippen molar-refractivity contribution < 1.29 is 5.11 Å². The molecule has 0 atom stereocenters. The molecule has 0 aromatic heterocycles. The van der Waals surface area contributed by atoms with E-state index in [4.69, 9.17) is 0 Å². The maximum Gasteiger partial charge on any atom is 0.0950 e. The van der Waals surface area contributed by atoms with Gasteiger partial charge in [0, 0.05) is 12.1 Å². The van der Waals surface area contributed by atoms with Crippen molar-refractivity contribution in [1.29, 1.82) is 0 Å². The van der Waals surface area contributed by atoms with E-state index in [1.165, 1.54) is 5.56 Å². The van der Waals surface area contributed by atoms with Crippen LogP contribution in [-0.4, -0.2) is 5.11 Å². The Labute approximate surface area is 89.9 Å². The predicted octanol–water partition coefficient (Wildman–Crippen LogP) is 3.34. The van der Waals surface area contributed by atoms with Crippen molar-refractivity contribution in [2.24, 2.45) is 0 Å². The van der Waals surface area contributed by atoms with E-state index in [0.717, 1.165) is 11.7 Å². The summed E-state index contributed by atoms with van der Waals surface area (Å²) >= 11 is 0. The van der Waals surface area contributed by atoms with Crippen LogP contribution in [0.4, 0.5) is 5.69 Å². The summed E-state index contributed by atoms with van der Waals surface area (Å²) in [6.45, 7) is 2.06. The summed E-state index contributed by atoms with van der Waals surface area (Å²) < 4.78 is 0. The Morgan fingerprint density at radius 1 is 1.27 bits per heavy atom. The topological polar surface area (TPSA) is 32.3 Å². The lowest BCUT2D eigenvalue weighted by atomic mass is 10.1. The van der Waals surface area contributed by atoms with Gasteiger partial charge in [-0.25, -0.2) is 0 Å². The Bertz CT molecular complexity index is 407. The predicted molar refractivity (Wildman–Crippen MR) is 62.5 cm³/mol. The number of aliphatic hydroxyl groups excluding tert-OH is 1. The van der Waals surface area contributed by atoms with Crippen LogP contribution in [0, 0.1) is 13.0 Å². The van der Waals surface area contributed by atoms with Crippen molar-refractivity contribution in [1.82, 2.24) is 0 Å². The second-order valence-electron chi connectivity index (χ2n) is 3.66. The first kappa shape index (κ1) is 9.84. The number of hydrogen-bond donors (Lipinski definition) is 2. The van der Waals surface area contributed by atoms with Crippen LogP contribution in [0.15, 0.2) is 48.3 Å². The van der Waals surface area contributed by atoms with E-state index in [2.05, 4.69) is 18.3 Å². The summed E-state index contributed by atoms with van der Waals surface area (Å²) in [5.74, 6) is 0.397. The van der Waals surface area contributed by atoms with E-state index in [9.17, 15) is 5.11 Å². The second kappa shape index (κ2) is 4.22. The van der Waals surface area contributed by atoms with Crippen LogP contribution in [0.1, 0.15) is 12.0 Å². The number of aliphatic hydroxyl groups is 1. The Hall–Kier alpha value is -1.70. The largest absolute Gasteiger partial charge is 0.512 e. The average molecular weight is 200 g/mol. The SMILES string of the molecule is Cc1ccccc1N[C]1C=CC=C(O)C1. The van der Waals surface area contributed by atoms with Crippen LogP contribution in [0.3, 0.4) is 0 Å². The van der Waals surface area contributed by atoms with Gasteiger partial charge < -0.3 is 10.4 Å². The lowest BCUT2D eigenvalue weighted by molar-refractivity contribution is 0.393. The van der Waals surface area contributed by atoms with Gasteiger partial charge in [0.15, 0.2) is 0 Å². The molecule has 0 aliphatic heterocycles. The molecule has 77 valence electrons. The molecule has 0 saturated carbocycles. The molecular formula is C13H14NO. The summed E-state index contributed by atoms with van der Waals surface area (Å²) in [5, 5.41) is 12.7. The number of anilines is 1. The number of rotatable bonds is 2. The molecule has 15 heavy (non-hydrogen) atoms. The first-order valence-corrected chi connectivity index (χ1v) is 5.00. The third kappa shape index (κ3) is 2.40. The molecule has 2 nitrogen and oxygen atoms in total.